The first kappa shape index (κ1) is 16.3. The van der Waals surface area contributed by atoms with Crippen LogP contribution >= 0.6 is 11.6 Å². The summed E-state index contributed by atoms with van der Waals surface area (Å²) in [7, 11) is 0. The number of phenols is 1. The molecule has 0 aliphatic carbocycles. The largest absolute Gasteiger partial charge is 0.508 e. The van der Waals surface area contributed by atoms with Crippen molar-refractivity contribution in [3.8, 4) is 28.5 Å². The molecule has 0 aliphatic heterocycles. The molecule has 0 saturated heterocycles. The van der Waals surface area contributed by atoms with Crippen LogP contribution in [0.4, 0.5) is 0 Å². The van der Waals surface area contributed by atoms with Crippen LogP contribution in [0.2, 0.25) is 5.02 Å². The third-order valence-corrected chi connectivity index (χ3v) is 4.17. The third kappa shape index (κ3) is 3.58. The van der Waals surface area contributed by atoms with Crippen LogP contribution in [0.5, 0.6) is 5.75 Å². The average Bonchev–Trinajstić information content (AvgIpc) is 3.13. The van der Waals surface area contributed by atoms with Gasteiger partial charge in [-0.3, -0.25) is 4.98 Å². The van der Waals surface area contributed by atoms with Gasteiger partial charge >= 0.3 is 0 Å². The molecule has 2 aromatic carbocycles. The van der Waals surface area contributed by atoms with Crippen LogP contribution in [0.25, 0.3) is 22.7 Å². The molecule has 0 aliphatic rings. The Kier molecular flexibility index (Phi) is 4.37. The van der Waals surface area contributed by atoms with Crippen molar-refractivity contribution >= 4 is 11.6 Å². The number of phenolic OH excluding ortho intramolecular Hbond substituents is 1. The lowest BCUT2D eigenvalue weighted by molar-refractivity contribution is 0.424. The average molecular weight is 364 g/mol. The molecule has 0 saturated carbocycles. The second-order valence-electron chi connectivity index (χ2n) is 5.80. The molecule has 4 aromatic rings. The highest BCUT2D eigenvalue weighted by Gasteiger charge is 2.10. The van der Waals surface area contributed by atoms with Crippen molar-refractivity contribution in [2.24, 2.45) is 0 Å². The summed E-state index contributed by atoms with van der Waals surface area (Å²) in [5, 5.41) is 14.1. The van der Waals surface area contributed by atoms with Gasteiger partial charge in [-0.2, -0.15) is 4.98 Å². The van der Waals surface area contributed by atoms with E-state index in [1.807, 2.05) is 48.5 Å². The number of halogens is 1. The Morgan fingerprint density at radius 1 is 0.885 bits per heavy atom. The molecule has 0 amide bonds. The van der Waals surface area contributed by atoms with Crippen molar-refractivity contribution in [3.63, 3.8) is 0 Å². The Labute approximate surface area is 154 Å². The predicted octanol–water partition coefficient (Wildman–Crippen LogP) is 4.75. The normalized spacial score (nSPS) is 10.8. The first-order valence-corrected chi connectivity index (χ1v) is 8.38. The van der Waals surface area contributed by atoms with Gasteiger partial charge in [0, 0.05) is 23.2 Å². The topological polar surface area (TPSA) is 72.0 Å². The number of nitrogens with zero attached hydrogens (tertiary/aromatic N) is 3. The number of benzene rings is 2. The van der Waals surface area contributed by atoms with Gasteiger partial charge in [0.05, 0.1) is 11.3 Å². The van der Waals surface area contributed by atoms with Crippen molar-refractivity contribution in [3.05, 3.63) is 83.3 Å². The van der Waals surface area contributed by atoms with Gasteiger partial charge < -0.3 is 9.63 Å². The minimum Gasteiger partial charge on any atom is -0.508 e. The van der Waals surface area contributed by atoms with Crippen LogP contribution in [-0.2, 0) is 6.42 Å². The molecule has 128 valence electrons. The lowest BCUT2D eigenvalue weighted by Crippen LogP contribution is -1.90. The molecule has 0 unspecified atom stereocenters. The summed E-state index contributed by atoms with van der Waals surface area (Å²) in [6, 6.07) is 18.2. The van der Waals surface area contributed by atoms with Gasteiger partial charge in [0.15, 0.2) is 5.82 Å². The maximum atomic E-state index is 9.36. The van der Waals surface area contributed by atoms with Gasteiger partial charge in [-0.15, -0.1) is 0 Å². The van der Waals surface area contributed by atoms with Gasteiger partial charge in [-0.1, -0.05) is 28.9 Å². The Hall–Kier alpha value is -3.18. The van der Waals surface area contributed by atoms with E-state index in [0.717, 1.165) is 22.4 Å². The zero-order valence-electron chi connectivity index (χ0n) is 13.6. The quantitative estimate of drug-likeness (QED) is 0.566. The summed E-state index contributed by atoms with van der Waals surface area (Å²) in [4.78, 5) is 8.86. The number of hydrogen-bond acceptors (Lipinski definition) is 5. The van der Waals surface area contributed by atoms with Crippen LogP contribution in [0, 0.1) is 0 Å². The van der Waals surface area contributed by atoms with E-state index in [1.165, 1.54) is 0 Å². The fourth-order valence-corrected chi connectivity index (χ4v) is 2.68. The van der Waals surface area contributed by atoms with E-state index in [4.69, 9.17) is 16.1 Å². The smallest absolute Gasteiger partial charge is 0.259 e. The van der Waals surface area contributed by atoms with Crippen LogP contribution in [0.3, 0.4) is 0 Å². The van der Waals surface area contributed by atoms with E-state index in [2.05, 4.69) is 15.1 Å². The highest BCUT2D eigenvalue weighted by molar-refractivity contribution is 6.30. The molecule has 1 N–H and O–H groups in total. The molecule has 2 heterocycles. The maximum Gasteiger partial charge on any atom is 0.259 e. The standard InChI is InChI=1S/C20H14ClN3O2/c21-16-6-1-13(2-7-16)11-19-23-20(26-24-19)15-5-10-18(22-12-15)14-3-8-17(25)9-4-14/h1-10,12,25H,11H2. The van der Waals surface area contributed by atoms with Crippen molar-refractivity contribution < 1.29 is 9.63 Å². The third-order valence-electron chi connectivity index (χ3n) is 3.92. The number of pyridine rings is 1. The summed E-state index contributed by atoms with van der Waals surface area (Å²) in [5.74, 6) is 1.26. The Morgan fingerprint density at radius 3 is 2.31 bits per heavy atom. The van der Waals surface area contributed by atoms with Gasteiger partial charge in [0.1, 0.15) is 5.75 Å². The molecule has 6 heteroatoms. The van der Waals surface area contributed by atoms with Gasteiger partial charge in [-0.25, -0.2) is 0 Å². The van der Waals surface area contributed by atoms with E-state index in [1.54, 1.807) is 18.3 Å². The summed E-state index contributed by atoms with van der Waals surface area (Å²) in [6.45, 7) is 0. The zero-order valence-corrected chi connectivity index (χ0v) is 14.4. The Bertz CT molecular complexity index is 1010. The lowest BCUT2D eigenvalue weighted by Gasteiger charge is -2.01. The number of rotatable bonds is 4. The molecule has 0 spiro atoms. The second-order valence-corrected chi connectivity index (χ2v) is 6.23. The van der Waals surface area contributed by atoms with Crippen molar-refractivity contribution in [2.45, 2.75) is 6.42 Å². The molecule has 2 aromatic heterocycles. The predicted molar refractivity (Wildman–Crippen MR) is 98.9 cm³/mol. The summed E-state index contributed by atoms with van der Waals surface area (Å²) in [6.07, 6.45) is 2.27. The van der Waals surface area contributed by atoms with Crippen LogP contribution < -0.4 is 0 Å². The molecule has 0 radical (unpaired) electrons. The number of hydrogen-bond donors (Lipinski definition) is 1. The van der Waals surface area contributed by atoms with Crippen LogP contribution in [-0.4, -0.2) is 20.2 Å². The molecule has 26 heavy (non-hydrogen) atoms. The minimum absolute atomic E-state index is 0.226. The van der Waals surface area contributed by atoms with Crippen LogP contribution in [0.15, 0.2) is 71.4 Å². The van der Waals surface area contributed by atoms with Crippen LogP contribution in [0.1, 0.15) is 11.4 Å². The van der Waals surface area contributed by atoms with E-state index in [9.17, 15) is 5.11 Å². The van der Waals surface area contributed by atoms with Crippen molar-refractivity contribution in [1.29, 1.82) is 0 Å². The first-order chi connectivity index (χ1) is 12.7. The molecule has 0 atom stereocenters. The second kappa shape index (κ2) is 6.98. The zero-order chi connectivity index (χ0) is 17.9. The van der Waals surface area contributed by atoms with Gasteiger partial charge in [-0.05, 0) is 54.1 Å². The fourth-order valence-electron chi connectivity index (χ4n) is 2.55. The Morgan fingerprint density at radius 2 is 1.62 bits per heavy atom. The highest BCUT2D eigenvalue weighted by atomic mass is 35.5. The van der Waals surface area contributed by atoms with E-state index in [-0.39, 0.29) is 5.75 Å². The summed E-state index contributed by atoms with van der Waals surface area (Å²) >= 11 is 5.89. The molecule has 0 fully saturated rings. The summed E-state index contributed by atoms with van der Waals surface area (Å²) < 4.78 is 5.35. The number of aromatic nitrogens is 3. The van der Waals surface area contributed by atoms with Gasteiger partial charge in [0.2, 0.25) is 0 Å². The van der Waals surface area contributed by atoms with E-state index in [0.29, 0.717) is 23.2 Å². The number of aromatic hydroxyl groups is 1. The molecule has 0 bridgehead atoms. The SMILES string of the molecule is Oc1ccc(-c2ccc(-c3nc(Cc4ccc(Cl)cc4)no3)cn2)cc1. The first-order valence-electron chi connectivity index (χ1n) is 8.00. The molecule has 4 rings (SSSR count). The molecular weight excluding hydrogens is 350 g/mol. The van der Waals surface area contributed by atoms with E-state index >= 15 is 0 Å². The monoisotopic (exact) mass is 363 g/mol. The fraction of sp³-hybridized carbons (Fsp3) is 0.0500. The lowest BCUT2D eigenvalue weighted by atomic mass is 10.1. The Balaban J connectivity index is 1.52. The summed E-state index contributed by atoms with van der Waals surface area (Å²) in [5.41, 5.74) is 3.53. The highest BCUT2D eigenvalue weighted by Crippen LogP contribution is 2.23. The minimum atomic E-state index is 0.226. The molecule has 5 nitrogen and oxygen atoms in total. The van der Waals surface area contributed by atoms with Crippen molar-refractivity contribution in [2.75, 3.05) is 0 Å². The van der Waals surface area contributed by atoms with Crippen molar-refractivity contribution in [1.82, 2.24) is 15.1 Å². The maximum absolute atomic E-state index is 9.36. The molecular formula is C20H14ClN3O2. The van der Waals surface area contributed by atoms with E-state index < -0.39 is 0 Å². The van der Waals surface area contributed by atoms with Gasteiger partial charge in [0.25, 0.3) is 5.89 Å².